The van der Waals surface area contributed by atoms with Gasteiger partial charge in [0.25, 0.3) is 0 Å². The highest BCUT2D eigenvalue weighted by Crippen LogP contribution is 2.17. The topological polar surface area (TPSA) is 116 Å². The van der Waals surface area contributed by atoms with Crippen LogP contribution in [0.3, 0.4) is 0 Å². The maximum atomic E-state index is 9.19. The van der Waals surface area contributed by atoms with Crippen molar-refractivity contribution < 1.29 is 25.2 Å². The molecule has 1 saturated heterocycles. The van der Waals surface area contributed by atoms with Crippen LogP contribution in [0.15, 0.2) is 0 Å². The molecule has 0 aliphatic carbocycles. The first-order valence-corrected chi connectivity index (χ1v) is 3.64. The number of aliphatic hydroxyl groups excluding tert-OH is 4. The molecule has 6 heteroatoms. The van der Waals surface area contributed by atoms with Gasteiger partial charge < -0.3 is 30.9 Å². The lowest BCUT2D eigenvalue weighted by atomic mass is 9.98. The van der Waals surface area contributed by atoms with E-state index in [2.05, 4.69) is 0 Å². The van der Waals surface area contributed by atoms with Gasteiger partial charge in [-0.2, -0.15) is 0 Å². The van der Waals surface area contributed by atoms with E-state index < -0.39 is 37.3 Å². The summed E-state index contributed by atoms with van der Waals surface area (Å²) >= 11 is 0. The van der Waals surface area contributed by atoms with Gasteiger partial charge in [-0.3, -0.25) is 0 Å². The van der Waals surface area contributed by atoms with Crippen LogP contribution in [-0.2, 0) is 4.74 Å². The molecule has 0 spiro atoms. The lowest BCUT2D eigenvalue weighted by Gasteiger charge is -2.38. The van der Waals surface area contributed by atoms with E-state index in [0.29, 0.717) is 0 Å². The number of nitrogens with two attached hydrogens (primary N) is 1. The van der Waals surface area contributed by atoms with Crippen LogP contribution in [0.4, 0.5) is 0 Å². The molecule has 12 heavy (non-hydrogen) atoms. The lowest BCUT2D eigenvalue weighted by molar-refractivity contribution is -0.258. The molecule has 1 aliphatic rings. The van der Waals surface area contributed by atoms with Crippen molar-refractivity contribution in [1.29, 1.82) is 0 Å². The number of rotatable bonds is 1. The van der Waals surface area contributed by atoms with Crippen molar-refractivity contribution in [3.63, 3.8) is 0 Å². The molecular weight excluding hydrogens is 166 g/mol. The van der Waals surface area contributed by atoms with Crippen LogP contribution < -0.4 is 5.73 Å². The second-order valence-electron chi connectivity index (χ2n) is 2.81. The fourth-order valence-electron chi connectivity index (χ4n) is 1.13. The maximum absolute atomic E-state index is 9.19. The van der Waals surface area contributed by atoms with Gasteiger partial charge in [-0.05, 0) is 0 Å². The highest BCUT2D eigenvalue weighted by atomic mass is 16.6. The van der Waals surface area contributed by atoms with Crippen molar-refractivity contribution in [1.82, 2.24) is 0 Å². The Balaban J connectivity index is 2.63. The fourth-order valence-corrected chi connectivity index (χ4v) is 1.13. The Labute approximate surface area is 69.2 Å². The van der Waals surface area contributed by atoms with Crippen molar-refractivity contribution in [3.8, 4) is 0 Å². The summed E-state index contributed by atoms with van der Waals surface area (Å²) in [6, 6.07) is -0.881. The number of hydrogen-bond donors (Lipinski definition) is 5. The van der Waals surface area contributed by atoms with Crippen LogP contribution in [-0.4, -0.2) is 57.7 Å². The normalized spacial score (nSPS) is 49.2. The minimum absolute atomic E-state index is 0.401. The van der Waals surface area contributed by atoms with Gasteiger partial charge in [-0.15, -0.1) is 0 Å². The van der Waals surface area contributed by atoms with E-state index in [1.165, 1.54) is 0 Å². The third-order valence-corrected chi connectivity index (χ3v) is 1.96. The Morgan fingerprint density at radius 2 is 1.75 bits per heavy atom. The van der Waals surface area contributed by atoms with Crippen LogP contribution in [0.1, 0.15) is 0 Å². The first kappa shape index (κ1) is 9.85. The second kappa shape index (κ2) is 3.65. The molecule has 0 aromatic rings. The molecule has 0 radical (unpaired) electrons. The van der Waals surface area contributed by atoms with Gasteiger partial charge in [0.15, 0.2) is 6.29 Å². The van der Waals surface area contributed by atoms with E-state index in [1.807, 2.05) is 0 Å². The zero-order valence-electron chi connectivity index (χ0n) is 6.37. The minimum Gasteiger partial charge on any atom is -0.394 e. The molecule has 0 aromatic carbocycles. The van der Waals surface area contributed by atoms with Crippen LogP contribution in [0.25, 0.3) is 0 Å². The van der Waals surface area contributed by atoms with Gasteiger partial charge >= 0.3 is 0 Å². The van der Waals surface area contributed by atoms with Crippen LogP contribution in [0, 0.1) is 0 Å². The molecule has 6 nitrogen and oxygen atoms in total. The fraction of sp³-hybridized carbons (Fsp3) is 1.00. The molecule has 0 aromatic heterocycles. The summed E-state index contributed by atoms with van der Waals surface area (Å²) in [6.07, 6.45) is -5.01. The van der Waals surface area contributed by atoms with Crippen molar-refractivity contribution in [3.05, 3.63) is 0 Å². The molecule has 0 bridgehead atoms. The average molecular weight is 179 g/mol. The molecule has 72 valence electrons. The number of aliphatic hydroxyl groups is 4. The van der Waals surface area contributed by atoms with Crippen LogP contribution in [0.2, 0.25) is 0 Å². The first-order valence-electron chi connectivity index (χ1n) is 3.64. The summed E-state index contributed by atoms with van der Waals surface area (Å²) in [5.41, 5.74) is 5.38. The Morgan fingerprint density at radius 1 is 1.17 bits per heavy atom. The standard InChI is InChI=1S/C6H13NO5/c7-3-2(1-8)12-6(11)5(10)4(3)9/h2-6,8-11H,1,7H2/t2-,3+,4+,5-,6?/m1/s1. The molecule has 1 unspecified atom stereocenters. The molecule has 1 heterocycles. The molecule has 0 saturated carbocycles. The molecule has 1 rings (SSSR count). The predicted octanol–water partition coefficient (Wildman–Crippen LogP) is -3.26. The highest BCUT2D eigenvalue weighted by Gasteiger charge is 2.41. The average Bonchev–Trinajstić information content (AvgIpc) is 2.08. The van der Waals surface area contributed by atoms with Gasteiger partial charge in [-0.25, -0.2) is 0 Å². The molecular formula is C6H13NO5. The molecule has 1 fully saturated rings. The van der Waals surface area contributed by atoms with Crippen molar-refractivity contribution in [2.45, 2.75) is 30.6 Å². The van der Waals surface area contributed by atoms with Gasteiger partial charge in [0.1, 0.15) is 18.3 Å². The largest absolute Gasteiger partial charge is 0.394 e. The number of hydrogen-bond acceptors (Lipinski definition) is 6. The lowest BCUT2D eigenvalue weighted by Crippen LogP contribution is -2.61. The van der Waals surface area contributed by atoms with Crippen molar-refractivity contribution in [2.24, 2.45) is 5.73 Å². The predicted molar refractivity (Wildman–Crippen MR) is 38.0 cm³/mol. The Bertz CT molecular complexity index is 150. The van der Waals surface area contributed by atoms with Gasteiger partial charge in [-0.1, -0.05) is 0 Å². The molecule has 1 aliphatic heterocycles. The summed E-state index contributed by atoms with van der Waals surface area (Å²) in [7, 11) is 0. The van der Waals surface area contributed by atoms with Crippen LogP contribution in [0.5, 0.6) is 0 Å². The zero-order chi connectivity index (χ0) is 9.30. The quantitative estimate of drug-likeness (QED) is 0.288. The summed E-state index contributed by atoms with van der Waals surface area (Å²) in [5, 5.41) is 35.9. The first-order chi connectivity index (χ1) is 5.57. The Kier molecular flexibility index (Phi) is 2.99. The van der Waals surface area contributed by atoms with Crippen molar-refractivity contribution in [2.75, 3.05) is 6.61 Å². The second-order valence-corrected chi connectivity index (χ2v) is 2.81. The SMILES string of the molecule is N[C@@H]1[C@H](O)[C@@H](O)C(O)O[C@@H]1CO. The summed E-state index contributed by atoms with van der Waals surface area (Å²) < 4.78 is 4.70. The minimum atomic E-state index is -1.49. The summed E-state index contributed by atoms with van der Waals surface area (Å²) in [4.78, 5) is 0. The van der Waals surface area contributed by atoms with E-state index in [1.54, 1.807) is 0 Å². The zero-order valence-corrected chi connectivity index (χ0v) is 6.37. The third kappa shape index (κ3) is 1.58. The Hall–Kier alpha value is -0.240. The van der Waals surface area contributed by atoms with E-state index >= 15 is 0 Å². The number of ether oxygens (including phenoxy) is 1. The highest BCUT2D eigenvalue weighted by molar-refractivity contribution is 4.90. The van der Waals surface area contributed by atoms with E-state index in [-0.39, 0.29) is 0 Å². The molecule has 5 atom stereocenters. The molecule has 6 N–H and O–H groups in total. The molecule has 0 amide bonds. The van der Waals surface area contributed by atoms with Crippen molar-refractivity contribution >= 4 is 0 Å². The van der Waals surface area contributed by atoms with Crippen LogP contribution >= 0.6 is 0 Å². The Morgan fingerprint density at radius 3 is 2.25 bits per heavy atom. The van der Waals surface area contributed by atoms with Gasteiger partial charge in [0.05, 0.1) is 12.6 Å². The van der Waals surface area contributed by atoms with Gasteiger partial charge in [0, 0.05) is 0 Å². The van der Waals surface area contributed by atoms with Gasteiger partial charge in [0.2, 0.25) is 0 Å². The smallest absolute Gasteiger partial charge is 0.183 e. The maximum Gasteiger partial charge on any atom is 0.183 e. The van der Waals surface area contributed by atoms with E-state index in [9.17, 15) is 5.11 Å². The monoisotopic (exact) mass is 179 g/mol. The summed E-state index contributed by atoms with van der Waals surface area (Å²) in [6.45, 7) is -0.401. The third-order valence-electron chi connectivity index (χ3n) is 1.96. The van der Waals surface area contributed by atoms with E-state index in [0.717, 1.165) is 0 Å². The summed E-state index contributed by atoms with van der Waals surface area (Å²) in [5.74, 6) is 0. The van der Waals surface area contributed by atoms with E-state index in [4.69, 9.17) is 25.8 Å².